The predicted octanol–water partition coefficient (Wildman–Crippen LogP) is 1.76. The van der Waals surface area contributed by atoms with Gasteiger partial charge in [-0.25, -0.2) is 0 Å². The molecule has 0 aromatic rings. The minimum Gasteiger partial charge on any atom is -0.380 e. The number of rotatable bonds is 7. The Morgan fingerprint density at radius 1 is 0.952 bits per heavy atom. The van der Waals surface area contributed by atoms with Gasteiger partial charge in [0, 0.05) is 45.4 Å². The molecular weight excluding hydrogens is 262 g/mol. The number of piperazine rings is 1. The first kappa shape index (κ1) is 17.2. The Morgan fingerprint density at radius 3 is 2.24 bits per heavy atom. The van der Waals surface area contributed by atoms with Gasteiger partial charge in [0.1, 0.15) is 0 Å². The molecule has 0 aromatic heterocycles. The van der Waals surface area contributed by atoms with Crippen LogP contribution in [0.1, 0.15) is 33.1 Å². The number of piperidine rings is 1. The van der Waals surface area contributed by atoms with E-state index < -0.39 is 0 Å². The molecule has 124 valence electrons. The van der Waals surface area contributed by atoms with Gasteiger partial charge in [-0.1, -0.05) is 0 Å². The lowest BCUT2D eigenvalue weighted by Crippen LogP contribution is -2.49. The summed E-state index contributed by atoms with van der Waals surface area (Å²) in [6.07, 6.45) is 3.98. The number of likely N-dealkylation sites (tertiary alicyclic amines) is 1. The van der Waals surface area contributed by atoms with Crippen LogP contribution in [0.5, 0.6) is 0 Å². The molecule has 0 radical (unpaired) electrons. The molecule has 2 heterocycles. The third-order valence-electron chi connectivity index (χ3n) is 5.20. The fourth-order valence-electron chi connectivity index (χ4n) is 3.40. The van der Waals surface area contributed by atoms with Crippen molar-refractivity contribution >= 4 is 0 Å². The van der Waals surface area contributed by atoms with Gasteiger partial charge < -0.3 is 9.64 Å². The summed E-state index contributed by atoms with van der Waals surface area (Å²) in [5.74, 6) is 0.899. The molecule has 0 aliphatic carbocycles. The molecule has 2 saturated heterocycles. The minimum absolute atomic E-state index is 0.693. The quantitative estimate of drug-likeness (QED) is 0.667. The number of ether oxygens (including phenoxy) is 1. The first-order valence-corrected chi connectivity index (χ1v) is 8.88. The van der Waals surface area contributed by atoms with Gasteiger partial charge in [-0.05, 0) is 59.2 Å². The lowest BCUT2D eigenvalue weighted by molar-refractivity contribution is 0.0586. The first-order valence-electron chi connectivity index (χ1n) is 8.88. The lowest BCUT2D eigenvalue weighted by atomic mass is 9.94. The van der Waals surface area contributed by atoms with Crippen molar-refractivity contribution < 1.29 is 4.74 Å². The van der Waals surface area contributed by atoms with Crippen molar-refractivity contribution in [1.29, 1.82) is 0 Å². The predicted molar refractivity (Wildman–Crippen MR) is 88.8 cm³/mol. The fraction of sp³-hybridized carbons (Fsp3) is 1.00. The highest BCUT2D eigenvalue weighted by Crippen LogP contribution is 2.19. The summed E-state index contributed by atoms with van der Waals surface area (Å²) in [5.41, 5.74) is 0. The van der Waals surface area contributed by atoms with E-state index >= 15 is 0 Å². The molecular formula is C17H35N3O. The molecule has 0 unspecified atom stereocenters. The third kappa shape index (κ3) is 6.23. The summed E-state index contributed by atoms with van der Waals surface area (Å²) < 4.78 is 5.87. The van der Waals surface area contributed by atoms with Crippen LogP contribution >= 0.6 is 0 Å². The van der Waals surface area contributed by atoms with E-state index in [-0.39, 0.29) is 0 Å². The monoisotopic (exact) mass is 297 g/mol. The van der Waals surface area contributed by atoms with Crippen LogP contribution in [0.3, 0.4) is 0 Å². The van der Waals surface area contributed by atoms with Gasteiger partial charge in [-0.15, -0.1) is 0 Å². The smallest absolute Gasteiger partial charge is 0.0593 e. The van der Waals surface area contributed by atoms with Crippen molar-refractivity contribution in [2.45, 2.75) is 39.2 Å². The molecule has 4 nitrogen and oxygen atoms in total. The van der Waals surface area contributed by atoms with Crippen LogP contribution in [0, 0.1) is 5.92 Å². The maximum absolute atomic E-state index is 5.87. The minimum atomic E-state index is 0.693. The molecule has 0 atom stereocenters. The molecule has 2 aliphatic rings. The maximum atomic E-state index is 5.87. The molecule has 0 amide bonds. The molecule has 2 rings (SSSR count). The van der Waals surface area contributed by atoms with Crippen LogP contribution in [-0.2, 0) is 4.74 Å². The Morgan fingerprint density at radius 2 is 1.62 bits per heavy atom. The van der Waals surface area contributed by atoms with E-state index in [2.05, 4.69) is 35.6 Å². The van der Waals surface area contributed by atoms with Gasteiger partial charge in [0.2, 0.25) is 0 Å². The SMILES string of the molecule is CC(C)N1CCN(CCOCCC2CCN(C)CC2)CC1. The maximum Gasteiger partial charge on any atom is 0.0593 e. The van der Waals surface area contributed by atoms with Crippen LogP contribution in [0.2, 0.25) is 0 Å². The summed E-state index contributed by atoms with van der Waals surface area (Å²) in [6, 6.07) is 0.693. The lowest BCUT2D eigenvalue weighted by Gasteiger charge is -2.36. The zero-order valence-corrected chi connectivity index (χ0v) is 14.4. The third-order valence-corrected chi connectivity index (χ3v) is 5.20. The Hall–Kier alpha value is -0.160. The van der Waals surface area contributed by atoms with E-state index in [9.17, 15) is 0 Å². The summed E-state index contributed by atoms with van der Waals surface area (Å²) in [5, 5.41) is 0. The standard InChI is InChI=1S/C17H35N3O/c1-16(2)20-11-9-19(10-12-20)13-15-21-14-6-17-4-7-18(3)8-5-17/h16-17H,4-15H2,1-3H3. The van der Waals surface area contributed by atoms with E-state index in [1.165, 1.54) is 58.5 Å². The molecule has 0 aromatic carbocycles. The van der Waals surface area contributed by atoms with Crippen LogP contribution < -0.4 is 0 Å². The van der Waals surface area contributed by atoms with Crippen LogP contribution in [0.4, 0.5) is 0 Å². The van der Waals surface area contributed by atoms with Gasteiger partial charge in [0.25, 0.3) is 0 Å². The molecule has 0 N–H and O–H groups in total. The highest BCUT2D eigenvalue weighted by Gasteiger charge is 2.18. The molecule has 2 aliphatic heterocycles. The number of hydrogen-bond donors (Lipinski definition) is 0. The summed E-state index contributed by atoms with van der Waals surface area (Å²) in [4.78, 5) is 7.56. The fourth-order valence-corrected chi connectivity index (χ4v) is 3.40. The zero-order valence-electron chi connectivity index (χ0n) is 14.4. The zero-order chi connectivity index (χ0) is 15.1. The van der Waals surface area contributed by atoms with Gasteiger partial charge in [0.15, 0.2) is 0 Å². The molecule has 4 heteroatoms. The van der Waals surface area contributed by atoms with Crippen molar-refractivity contribution in [2.75, 3.05) is 66.1 Å². The van der Waals surface area contributed by atoms with Crippen molar-refractivity contribution in [1.82, 2.24) is 14.7 Å². The Bertz CT molecular complexity index is 269. The van der Waals surface area contributed by atoms with Crippen LogP contribution in [0.15, 0.2) is 0 Å². The van der Waals surface area contributed by atoms with Crippen LogP contribution in [0.25, 0.3) is 0 Å². The van der Waals surface area contributed by atoms with E-state index in [1.807, 2.05) is 0 Å². The molecule has 0 saturated carbocycles. The van der Waals surface area contributed by atoms with Gasteiger partial charge >= 0.3 is 0 Å². The van der Waals surface area contributed by atoms with Gasteiger partial charge in [-0.3, -0.25) is 9.80 Å². The Balaban J connectivity index is 1.45. The second-order valence-corrected chi connectivity index (χ2v) is 7.12. The normalized spacial score (nSPS) is 24.0. The topological polar surface area (TPSA) is 19.0 Å². The van der Waals surface area contributed by atoms with Crippen LogP contribution in [-0.4, -0.2) is 86.8 Å². The van der Waals surface area contributed by atoms with Crippen molar-refractivity contribution in [3.05, 3.63) is 0 Å². The summed E-state index contributed by atoms with van der Waals surface area (Å²) in [7, 11) is 2.23. The van der Waals surface area contributed by atoms with E-state index in [1.54, 1.807) is 0 Å². The number of nitrogens with zero attached hydrogens (tertiary/aromatic N) is 3. The van der Waals surface area contributed by atoms with E-state index in [0.29, 0.717) is 6.04 Å². The Kier molecular flexibility index (Phi) is 7.44. The van der Waals surface area contributed by atoms with Gasteiger partial charge in [-0.2, -0.15) is 0 Å². The van der Waals surface area contributed by atoms with Gasteiger partial charge in [0.05, 0.1) is 6.61 Å². The number of hydrogen-bond acceptors (Lipinski definition) is 4. The second-order valence-electron chi connectivity index (χ2n) is 7.12. The van der Waals surface area contributed by atoms with Crippen molar-refractivity contribution in [3.8, 4) is 0 Å². The highest BCUT2D eigenvalue weighted by atomic mass is 16.5. The average molecular weight is 297 g/mol. The highest BCUT2D eigenvalue weighted by molar-refractivity contribution is 4.74. The first-order chi connectivity index (χ1) is 10.1. The summed E-state index contributed by atoms with van der Waals surface area (Å²) in [6.45, 7) is 14.9. The molecule has 0 spiro atoms. The van der Waals surface area contributed by atoms with E-state index in [4.69, 9.17) is 4.74 Å². The van der Waals surface area contributed by atoms with Crippen molar-refractivity contribution in [3.63, 3.8) is 0 Å². The molecule has 21 heavy (non-hydrogen) atoms. The summed E-state index contributed by atoms with van der Waals surface area (Å²) >= 11 is 0. The van der Waals surface area contributed by atoms with E-state index in [0.717, 1.165) is 25.7 Å². The van der Waals surface area contributed by atoms with Crippen molar-refractivity contribution in [2.24, 2.45) is 5.92 Å². The Labute approximate surface area is 131 Å². The molecule has 2 fully saturated rings. The average Bonchev–Trinajstić information content (AvgIpc) is 2.49. The largest absolute Gasteiger partial charge is 0.380 e. The molecule has 0 bridgehead atoms. The second kappa shape index (κ2) is 9.09.